The lowest BCUT2D eigenvalue weighted by Gasteiger charge is -2.14. The van der Waals surface area contributed by atoms with Gasteiger partial charge >= 0.3 is 5.97 Å². The van der Waals surface area contributed by atoms with Gasteiger partial charge in [-0.2, -0.15) is 0 Å². The van der Waals surface area contributed by atoms with Crippen LogP contribution in [-0.4, -0.2) is 18.5 Å². The first kappa shape index (κ1) is 18.3. The van der Waals surface area contributed by atoms with Crippen LogP contribution in [-0.2, 0) is 9.53 Å². The van der Waals surface area contributed by atoms with Gasteiger partial charge in [-0.25, -0.2) is 4.79 Å². The number of carbonyl (C=O) groups is 2. The SMILES string of the molecule is Cc1ccc(C(C)NC(=O)COC(=O)c2cc(Cl)ccc2Cl)cc1. The lowest BCUT2D eigenvalue weighted by Crippen LogP contribution is -2.31. The van der Waals surface area contributed by atoms with E-state index in [0.717, 1.165) is 11.1 Å². The average molecular weight is 366 g/mol. The van der Waals surface area contributed by atoms with Gasteiger partial charge in [0.05, 0.1) is 16.6 Å². The van der Waals surface area contributed by atoms with E-state index < -0.39 is 18.5 Å². The van der Waals surface area contributed by atoms with Crippen molar-refractivity contribution in [3.8, 4) is 0 Å². The Hall–Kier alpha value is -2.04. The van der Waals surface area contributed by atoms with Gasteiger partial charge in [0.25, 0.3) is 5.91 Å². The highest BCUT2D eigenvalue weighted by molar-refractivity contribution is 6.35. The summed E-state index contributed by atoms with van der Waals surface area (Å²) < 4.78 is 4.99. The van der Waals surface area contributed by atoms with Crippen molar-refractivity contribution >= 4 is 35.1 Å². The molecule has 1 amide bonds. The maximum Gasteiger partial charge on any atom is 0.340 e. The van der Waals surface area contributed by atoms with Crippen LogP contribution in [0.15, 0.2) is 42.5 Å². The summed E-state index contributed by atoms with van der Waals surface area (Å²) in [4.78, 5) is 23.9. The van der Waals surface area contributed by atoms with Gasteiger partial charge < -0.3 is 10.1 Å². The first-order valence-corrected chi connectivity index (χ1v) is 8.10. The van der Waals surface area contributed by atoms with E-state index in [2.05, 4.69) is 5.32 Å². The molecule has 2 aromatic carbocycles. The smallest absolute Gasteiger partial charge is 0.340 e. The number of esters is 1. The lowest BCUT2D eigenvalue weighted by molar-refractivity contribution is -0.124. The number of rotatable bonds is 5. The van der Waals surface area contributed by atoms with Crippen molar-refractivity contribution in [2.75, 3.05) is 6.61 Å². The van der Waals surface area contributed by atoms with Crippen LogP contribution in [0.25, 0.3) is 0 Å². The van der Waals surface area contributed by atoms with Crippen molar-refractivity contribution in [1.29, 1.82) is 0 Å². The third kappa shape index (κ3) is 4.98. The normalized spacial score (nSPS) is 11.7. The molecule has 0 aliphatic heterocycles. The zero-order valence-corrected chi connectivity index (χ0v) is 14.8. The van der Waals surface area contributed by atoms with Crippen molar-refractivity contribution in [2.24, 2.45) is 0 Å². The number of hydrogen-bond acceptors (Lipinski definition) is 3. The Morgan fingerprint density at radius 1 is 1.12 bits per heavy atom. The predicted octanol–water partition coefficient (Wildman–Crippen LogP) is 4.34. The summed E-state index contributed by atoms with van der Waals surface area (Å²) in [7, 11) is 0. The third-order valence-corrected chi connectivity index (χ3v) is 4.00. The zero-order chi connectivity index (χ0) is 17.7. The molecule has 0 radical (unpaired) electrons. The summed E-state index contributed by atoms with van der Waals surface area (Å²) >= 11 is 11.7. The Morgan fingerprint density at radius 3 is 2.46 bits per heavy atom. The van der Waals surface area contributed by atoms with E-state index in [1.54, 1.807) is 6.07 Å². The Balaban J connectivity index is 1.89. The van der Waals surface area contributed by atoms with Crippen LogP contribution in [0, 0.1) is 6.92 Å². The Kier molecular flexibility index (Phi) is 6.23. The fourth-order valence-corrected chi connectivity index (χ4v) is 2.45. The van der Waals surface area contributed by atoms with E-state index in [1.165, 1.54) is 12.1 Å². The molecule has 0 spiro atoms. The van der Waals surface area contributed by atoms with E-state index in [-0.39, 0.29) is 16.6 Å². The molecule has 2 rings (SSSR count). The number of ether oxygens (including phenoxy) is 1. The molecule has 6 heteroatoms. The number of amides is 1. The summed E-state index contributed by atoms with van der Waals surface area (Å²) in [6.45, 7) is 3.46. The minimum atomic E-state index is -0.694. The zero-order valence-electron chi connectivity index (χ0n) is 13.3. The summed E-state index contributed by atoms with van der Waals surface area (Å²) in [6, 6.07) is 12.1. The van der Waals surface area contributed by atoms with Crippen LogP contribution in [0.5, 0.6) is 0 Å². The van der Waals surface area contributed by atoms with Crippen LogP contribution in [0.2, 0.25) is 10.0 Å². The predicted molar refractivity (Wildman–Crippen MR) is 94.5 cm³/mol. The molecule has 0 aliphatic rings. The van der Waals surface area contributed by atoms with E-state index >= 15 is 0 Å². The van der Waals surface area contributed by atoms with Crippen molar-refractivity contribution < 1.29 is 14.3 Å². The van der Waals surface area contributed by atoms with Gasteiger partial charge in [0, 0.05) is 5.02 Å². The van der Waals surface area contributed by atoms with E-state index in [1.807, 2.05) is 38.1 Å². The molecule has 1 atom stereocenters. The minimum absolute atomic E-state index is 0.128. The number of nitrogens with one attached hydrogen (secondary N) is 1. The Morgan fingerprint density at radius 2 is 1.79 bits per heavy atom. The number of aryl methyl sites for hydroxylation is 1. The minimum Gasteiger partial charge on any atom is -0.452 e. The van der Waals surface area contributed by atoms with E-state index in [0.29, 0.717) is 5.02 Å². The molecule has 2 aromatic rings. The molecule has 0 bridgehead atoms. The van der Waals surface area contributed by atoms with Crippen LogP contribution in [0.3, 0.4) is 0 Å². The number of hydrogen-bond donors (Lipinski definition) is 1. The van der Waals surface area contributed by atoms with Gasteiger partial charge in [0.2, 0.25) is 0 Å². The quantitative estimate of drug-likeness (QED) is 0.801. The second-order valence-corrected chi connectivity index (χ2v) is 6.24. The van der Waals surface area contributed by atoms with Crippen molar-refractivity contribution in [3.05, 3.63) is 69.2 Å². The average Bonchev–Trinajstić information content (AvgIpc) is 2.55. The molecule has 4 nitrogen and oxygen atoms in total. The van der Waals surface area contributed by atoms with Crippen molar-refractivity contribution in [3.63, 3.8) is 0 Å². The van der Waals surface area contributed by atoms with Gasteiger partial charge in [-0.1, -0.05) is 53.0 Å². The van der Waals surface area contributed by atoms with Gasteiger partial charge in [-0.15, -0.1) is 0 Å². The monoisotopic (exact) mass is 365 g/mol. The summed E-state index contributed by atoms with van der Waals surface area (Å²) in [5.74, 6) is -1.09. The summed E-state index contributed by atoms with van der Waals surface area (Å²) in [5.41, 5.74) is 2.24. The molecule has 0 fully saturated rings. The second kappa shape index (κ2) is 8.18. The van der Waals surface area contributed by atoms with Gasteiger partial charge in [0.1, 0.15) is 0 Å². The molecule has 1 N–H and O–H groups in total. The molecule has 1 unspecified atom stereocenters. The van der Waals surface area contributed by atoms with Crippen LogP contribution < -0.4 is 5.32 Å². The first-order valence-electron chi connectivity index (χ1n) is 7.35. The van der Waals surface area contributed by atoms with Crippen molar-refractivity contribution in [1.82, 2.24) is 5.32 Å². The number of benzene rings is 2. The lowest BCUT2D eigenvalue weighted by atomic mass is 10.1. The highest BCUT2D eigenvalue weighted by atomic mass is 35.5. The topological polar surface area (TPSA) is 55.4 Å². The van der Waals surface area contributed by atoms with Gasteiger partial charge in [-0.05, 0) is 37.6 Å². The molecule has 126 valence electrons. The van der Waals surface area contributed by atoms with E-state index in [4.69, 9.17) is 27.9 Å². The maximum absolute atomic E-state index is 12.0. The fourth-order valence-electron chi connectivity index (χ4n) is 2.08. The second-order valence-electron chi connectivity index (χ2n) is 5.40. The van der Waals surface area contributed by atoms with Gasteiger partial charge in [-0.3, -0.25) is 4.79 Å². The summed E-state index contributed by atoms with van der Waals surface area (Å²) in [6.07, 6.45) is 0. The van der Waals surface area contributed by atoms with E-state index in [9.17, 15) is 9.59 Å². The highest BCUT2D eigenvalue weighted by Gasteiger charge is 2.15. The molecular weight excluding hydrogens is 349 g/mol. The standard InChI is InChI=1S/C18H17Cl2NO3/c1-11-3-5-13(6-4-11)12(2)21-17(22)10-24-18(23)15-9-14(19)7-8-16(15)20/h3-9,12H,10H2,1-2H3,(H,21,22). The molecule has 0 aliphatic carbocycles. The van der Waals surface area contributed by atoms with Crippen molar-refractivity contribution in [2.45, 2.75) is 19.9 Å². The third-order valence-electron chi connectivity index (χ3n) is 3.44. The molecule has 0 heterocycles. The summed E-state index contributed by atoms with van der Waals surface area (Å²) in [5, 5.41) is 3.36. The van der Waals surface area contributed by atoms with Crippen LogP contribution in [0.4, 0.5) is 0 Å². The molecular formula is C18H17Cl2NO3. The number of halogens is 2. The van der Waals surface area contributed by atoms with Gasteiger partial charge in [0.15, 0.2) is 6.61 Å². The van der Waals surface area contributed by atoms with Crippen LogP contribution >= 0.6 is 23.2 Å². The molecule has 0 saturated heterocycles. The number of carbonyl (C=O) groups excluding carboxylic acids is 2. The fraction of sp³-hybridized carbons (Fsp3) is 0.222. The Labute approximate surface area is 150 Å². The Bertz CT molecular complexity index is 744. The largest absolute Gasteiger partial charge is 0.452 e. The molecule has 24 heavy (non-hydrogen) atoms. The first-order chi connectivity index (χ1) is 11.4. The van der Waals surface area contributed by atoms with Crippen LogP contribution in [0.1, 0.15) is 34.5 Å². The maximum atomic E-state index is 12.0. The molecule has 0 saturated carbocycles. The molecule has 0 aromatic heterocycles. The highest BCUT2D eigenvalue weighted by Crippen LogP contribution is 2.21.